The number of aliphatic hydroxyl groups excluding tert-OH is 4. The lowest BCUT2D eigenvalue weighted by molar-refractivity contribution is -0.277. The van der Waals surface area contributed by atoms with Crippen LogP contribution >= 0.6 is 0 Å². The van der Waals surface area contributed by atoms with Gasteiger partial charge in [0.25, 0.3) is 0 Å². The van der Waals surface area contributed by atoms with E-state index in [1.54, 1.807) is 48.5 Å². The summed E-state index contributed by atoms with van der Waals surface area (Å²) in [7, 11) is 1.42. The minimum atomic E-state index is -1.56. The zero-order valence-electron chi connectivity index (χ0n) is 18.6. The van der Waals surface area contributed by atoms with E-state index in [2.05, 4.69) is 5.32 Å². The molecule has 1 saturated heterocycles. The number of aliphatic hydroxyl groups is 4. The third-order valence-corrected chi connectivity index (χ3v) is 5.36. The Morgan fingerprint density at radius 3 is 2.47 bits per heavy atom. The molecule has 2 aromatic rings. The van der Waals surface area contributed by atoms with E-state index in [4.69, 9.17) is 14.2 Å². The molecule has 1 aliphatic heterocycles. The highest BCUT2D eigenvalue weighted by atomic mass is 16.7. The second kappa shape index (κ2) is 11.8. The topological polar surface area (TPSA) is 158 Å². The molecule has 10 nitrogen and oxygen atoms in total. The summed E-state index contributed by atoms with van der Waals surface area (Å²) in [6.07, 6.45) is -3.43. The molecule has 184 valence electrons. The van der Waals surface area contributed by atoms with Gasteiger partial charge in [0.2, 0.25) is 12.2 Å². The van der Waals surface area contributed by atoms with Gasteiger partial charge in [0.15, 0.2) is 11.5 Å². The molecule has 3 rings (SSSR count). The molecular formula is C24H29NO9. The van der Waals surface area contributed by atoms with Gasteiger partial charge in [-0.1, -0.05) is 18.2 Å². The Balaban J connectivity index is 1.58. The van der Waals surface area contributed by atoms with Crippen molar-refractivity contribution < 1.29 is 44.5 Å². The van der Waals surface area contributed by atoms with Gasteiger partial charge in [-0.05, 0) is 47.9 Å². The standard InChI is InChI=1S/C24H29NO9/c1-32-18-12-15(5-9-20(28)25-11-10-14-2-6-16(27)7-3-14)4-8-17(18)33-24-23(31)22(30)21(29)19(13-26)34-24/h2-9,12,19,21-24,26-27,29-31H,10-11,13H2,1H3,(H,25,28)/b9-5+/t19-,21-,22+,23-,24-/m1/s1. The summed E-state index contributed by atoms with van der Waals surface area (Å²) >= 11 is 0. The number of phenolic OH excluding ortho intramolecular Hbond substituents is 1. The summed E-state index contributed by atoms with van der Waals surface area (Å²) in [5.41, 5.74) is 1.63. The summed E-state index contributed by atoms with van der Waals surface area (Å²) in [5, 5.41) is 51.3. The fourth-order valence-electron chi connectivity index (χ4n) is 3.40. The number of rotatable bonds is 9. The highest BCUT2D eigenvalue weighted by Crippen LogP contribution is 2.32. The molecule has 1 amide bonds. The van der Waals surface area contributed by atoms with E-state index in [-0.39, 0.29) is 23.2 Å². The summed E-state index contributed by atoms with van der Waals surface area (Å²) in [4.78, 5) is 12.1. The number of carbonyl (C=O) groups is 1. The number of benzene rings is 2. The zero-order valence-corrected chi connectivity index (χ0v) is 18.6. The quantitative estimate of drug-likeness (QED) is 0.274. The molecule has 5 atom stereocenters. The van der Waals surface area contributed by atoms with Gasteiger partial charge in [0, 0.05) is 12.6 Å². The minimum Gasteiger partial charge on any atom is -0.508 e. The molecule has 2 aromatic carbocycles. The van der Waals surface area contributed by atoms with Crippen molar-refractivity contribution in [2.75, 3.05) is 20.3 Å². The van der Waals surface area contributed by atoms with Crippen LogP contribution in [0.4, 0.5) is 0 Å². The molecule has 0 aromatic heterocycles. The normalized spacial score (nSPS) is 24.7. The maximum atomic E-state index is 12.1. The number of carbonyl (C=O) groups excluding carboxylic acids is 1. The van der Waals surface area contributed by atoms with E-state index in [9.17, 15) is 30.3 Å². The number of amides is 1. The van der Waals surface area contributed by atoms with Crippen molar-refractivity contribution in [3.63, 3.8) is 0 Å². The third-order valence-electron chi connectivity index (χ3n) is 5.36. The second-order valence-electron chi connectivity index (χ2n) is 7.77. The van der Waals surface area contributed by atoms with Crippen LogP contribution in [0.2, 0.25) is 0 Å². The van der Waals surface area contributed by atoms with Crippen LogP contribution < -0.4 is 14.8 Å². The Hall–Kier alpha value is -3.15. The number of hydrogen-bond donors (Lipinski definition) is 6. The van der Waals surface area contributed by atoms with E-state index >= 15 is 0 Å². The Bertz CT molecular complexity index is 977. The van der Waals surface area contributed by atoms with Gasteiger partial charge in [-0.15, -0.1) is 0 Å². The van der Waals surface area contributed by atoms with Gasteiger partial charge in [0.1, 0.15) is 30.2 Å². The number of phenols is 1. The van der Waals surface area contributed by atoms with E-state index in [0.717, 1.165) is 5.56 Å². The predicted octanol–water partition coefficient (Wildman–Crippen LogP) is -0.0484. The van der Waals surface area contributed by atoms with Crippen molar-refractivity contribution in [3.05, 3.63) is 59.7 Å². The van der Waals surface area contributed by atoms with Gasteiger partial charge >= 0.3 is 0 Å². The first-order valence-electron chi connectivity index (χ1n) is 10.7. The molecule has 0 radical (unpaired) electrons. The molecule has 6 N–H and O–H groups in total. The van der Waals surface area contributed by atoms with Crippen molar-refractivity contribution in [1.82, 2.24) is 5.32 Å². The Labute approximate surface area is 196 Å². The van der Waals surface area contributed by atoms with Crippen LogP contribution in [0.3, 0.4) is 0 Å². The monoisotopic (exact) mass is 475 g/mol. The van der Waals surface area contributed by atoms with Crippen LogP contribution in [0.15, 0.2) is 48.5 Å². The maximum Gasteiger partial charge on any atom is 0.244 e. The van der Waals surface area contributed by atoms with Gasteiger partial charge < -0.3 is 45.1 Å². The highest BCUT2D eigenvalue weighted by Gasteiger charge is 2.44. The number of ether oxygens (including phenoxy) is 3. The molecule has 0 spiro atoms. The van der Waals surface area contributed by atoms with E-state index in [1.165, 1.54) is 13.2 Å². The first-order chi connectivity index (χ1) is 16.3. The van der Waals surface area contributed by atoms with E-state index in [0.29, 0.717) is 18.5 Å². The average molecular weight is 475 g/mol. The fourth-order valence-corrected chi connectivity index (χ4v) is 3.40. The van der Waals surface area contributed by atoms with Crippen molar-refractivity contribution >= 4 is 12.0 Å². The summed E-state index contributed by atoms with van der Waals surface area (Å²) in [5.74, 6) is 0.393. The molecule has 0 saturated carbocycles. The Kier molecular flexibility index (Phi) is 8.85. The average Bonchev–Trinajstić information content (AvgIpc) is 2.84. The molecule has 1 heterocycles. The van der Waals surface area contributed by atoms with Crippen LogP contribution in [-0.2, 0) is 16.0 Å². The number of aromatic hydroxyl groups is 1. The molecule has 34 heavy (non-hydrogen) atoms. The molecule has 0 unspecified atom stereocenters. The molecule has 0 aliphatic carbocycles. The maximum absolute atomic E-state index is 12.1. The summed E-state index contributed by atoms with van der Waals surface area (Å²) in [6, 6.07) is 11.6. The molecule has 1 aliphatic rings. The lowest BCUT2D eigenvalue weighted by Crippen LogP contribution is -2.60. The van der Waals surface area contributed by atoms with Gasteiger partial charge in [-0.25, -0.2) is 0 Å². The number of methoxy groups -OCH3 is 1. The van der Waals surface area contributed by atoms with Crippen LogP contribution in [-0.4, -0.2) is 82.4 Å². The number of nitrogens with one attached hydrogen (secondary N) is 1. The predicted molar refractivity (Wildman–Crippen MR) is 121 cm³/mol. The van der Waals surface area contributed by atoms with Crippen molar-refractivity contribution in [2.45, 2.75) is 37.1 Å². The second-order valence-corrected chi connectivity index (χ2v) is 7.77. The van der Waals surface area contributed by atoms with Crippen LogP contribution in [0.25, 0.3) is 6.08 Å². The first kappa shape index (κ1) is 25.5. The van der Waals surface area contributed by atoms with Crippen molar-refractivity contribution in [1.29, 1.82) is 0 Å². The van der Waals surface area contributed by atoms with Gasteiger partial charge in [-0.2, -0.15) is 0 Å². The minimum absolute atomic E-state index is 0.191. The summed E-state index contributed by atoms with van der Waals surface area (Å²) in [6.45, 7) is -0.133. The van der Waals surface area contributed by atoms with Crippen LogP contribution in [0, 0.1) is 0 Å². The third kappa shape index (κ3) is 6.46. The lowest BCUT2D eigenvalue weighted by Gasteiger charge is -2.39. The molecule has 0 bridgehead atoms. The molecule has 1 fully saturated rings. The Morgan fingerprint density at radius 1 is 1.06 bits per heavy atom. The highest BCUT2D eigenvalue weighted by molar-refractivity contribution is 5.91. The fraction of sp³-hybridized carbons (Fsp3) is 0.375. The van der Waals surface area contributed by atoms with E-state index < -0.39 is 37.3 Å². The van der Waals surface area contributed by atoms with Crippen LogP contribution in [0.1, 0.15) is 11.1 Å². The summed E-state index contributed by atoms with van der Waals surface area (Å²) < 4.78 is 16.3. The van der Waals surface area contributed by atoms with Gasteiger partial charge in [0.05, 0.1) is 13.7 Å². The molecule has 10 heteroatoms. The van der Waals surface area contributed by atoms with Crippen molar-refractivity contribution in [2.24, 2.45) is 0 Å². The largest absolute Gasteiger partial charge is 0.508 e. The SMILES string of the molecule is COc1cc(/C=C/C(=O)NCCc2ccc(O)cc2)ccc1O[C@@H]1O[C@H](CO)[C@@H](O)[C@H](O)[C@H]1O. The Morgan fingerprint density at radius 2 is 1.79 bits per heavy atom. The molecular weight excluding hydrogens is 446 g/mol. The number of hydrogen-bond acceptors (Lipinski definition) is 9. The van der Waals surface area contributed by atoms with Crippen molar-refractivity contribution in [3.8, 4) is 17.2 Å². The smallest absolute Gasteiger partial charge is 0.244 e. The first-order valence-corrected chi connectivity index (χ1v) is 10.7. The zero-order chi connectivity index (χ0) is 24.7. The van der Waals surface area contributed by atoms with Crippen LogP contribution in [0.5, 0.6) is 17.2 Å². The van der Waals surface area contributed by atoms with E-state index in [1.807, 2.05) is 0 Å². The van der Waals surface area contributed by atoms with Gasteiger partial charge in [-0.3, -0.25) is 4.79 Å². The lowest BCUT2D eigenvalue weighted by atomic mass is 9.99.